The maximum atomic E-state index is 13.6. The van der Waals surface area contributed by atoms with Gasteiger partial charge in [0.2, 0.25) is 11.9 Å². The fourth-order valence-corrected chi connectivity index (χ4v) is 5.81. The number of para-hydroxylation sites is 1. The van der Waals surface area contributed by atoms with Crippen LogP contribution in [-0.4, -0.2) is 66.5 Å². The van der Waals surface area contributed by atoms with Gasteiger partial charge >= 0.3 is 0 Å². The Morgan fingerprint density at radius 1 is 1.08 bits per heavy atom. The largest absolute Gasteiger partial charge is 0.496 e. The highest BCUT2D eigenvalue weighted by atomic mass is 79.9. The van der Waals surface area contributed by atoms with E-state index < -0.39 is 0 Å². The van der Waals surface area contributed by atoms with E-state index in [1.54, 1.807) is 35.4 Å². The Labute approximate surface area is 222 Å². The summed E-state index contributed by atoms with van der Waals surface area (Å²) in [4.78, 5) is 42.4. The lowest BCUT2D eigenvalue weighted by atomic mass is 10.2. The molecule has 0 aliphatic carbocycles. The normalized spacial score (nSPS) is 16.8. The van der Waals surface area contributed by atoms with E-state index in [4.69, 9.17) is 4.74 Å². The molecule has 2 aliphatic heterocycles. The zero-order valence-electron chi connectivity index (χ0n) is 19.6. The first kappa shape index (κ1) is 24.3. The van der Waals surface area contributed by atoms with Gasteiger partial charge < -0.3 is 14.5 Å². The number of halogens is 1. The number of fused-ring (bicyclic) bond motifs is 1. The second-order valence-corrected chi connectivity index (χ2v) is 10.2. The fourth-order valence-electron chi connectivity index (χ4n) is 4.19. The minimum absolute atomic E-state index is 0.0120. The average Bonchev–Trinajstić information content (AvgIpc) is 2.91. The number of ether oxygens (including phenoxy) is 1. The van der Waals surface area contributed by atoms with Crippen molar-refractivity contribution in [1.82, 2.24) is 14.9 Å². The van der Waals surface area contributed by atoms with Gasteiger partial charge in [0.1, 0.15) is 12.3 Å². The highest BCUT2D eigenvalue weighted by Crippen LogP contribution is 2.42. The van der Waals surface area contributed by atoms with E-state index in [0.717, 1.165) is 26.4 Å². The van der Waals surface area contributed by atoms with Crippen molar-refractivity contribution in [2.45, 2.75) is 4.90 Å². The molecule has 0 radical (unpaired) electrons. The Balaban J connectivity index is 1.33. The van der Waals surface area contributed by atoms with Gasteiger partial charge in [-0.3, -0.25) is 14.5 Å². The van der Waals surface area contributed by atoms with Crippen LogP contribution in [0.3, 0.4) is 0 Å². The number of carbonyl (C=O) groups excluding carboxylic acids is 2. The molecule has 0 unspecified atom stereocenters. The van der Waals surface area contributed by atoms with Crippen LogP contribution >= 0.6 is 27.7 Å². The monoisotopic (exact) mass is 565 g/mol. The number of piperazine rings is 1. The van der Waals surface area contributed by atoms with Crippen molar-refractivity contribution in [2.24, 2.45) is 0 Å². The van der Waals surface area contributed by atoms with Crippen molar-refractivity contribution in [3.63, 3.8) is 0 Å². The Hall–Kier alpha value is -3.37. The summed E-state index contributed by atoms with van der Waals surface area (Å²) in [5.74, 6) is 1.12. The number of anilines is 2. The minimum atomic E-state index is -0.185. The molecule has 1 saturated heterocycles. The number of carbonyl (C=O) groups is 2. The molecule has 2 aromatic carbocycles. The first-order chi connectivity index (χ1) is 17.5. The molecule has 1 aromatic heterocycles. The van der Waals surface area contributed by atoms with Gasteiger partial charge in [-0.25, -0.2) is 9.97 Å². The molecule has 2 amide bonds. The molecular weight excluding hydrogens is 542 g/mol. The number of amides is 2. The molecule has 184 valence electrons. The van der Waals surface area contributed by atoms with Crippen molar-refractivity contribution in [3.05, 3.63) is 75.9 Å². The average molecular weight is 566 g/mol. The number of aromatic nitrogens is 2. The lowest BCUT2D eigenvalue weighted by Gasteiger charge is -2.36. The SMILES string of the molecule is COc1ccc(C=C2Sc3ccccc3N(CC(=O)N3CCN(c4ncccn4)CC3)C2=O)cc1Br. The number of methoxy groups -OCH3 is 1. The second-order valence-electron chi connectivity index (χ2n) is 8.28. The number of nitrogens with zero attached hydrogens (tertiary/aromatic N) is 5. The van der Waals surface area contributed by atoms with E-state index >= 15 is 0 Å². The number of benzene rings is 2. The molecule has 2 aliphatic rings. The molecule has 0 N–H and O–H groups in total. The lowest BCUT2D eigenvalue weighted by Crippen LogP contribution is -2.52. The highest BCUT2D eigenvalue weighted by Gasteiger charge is 2.32. The fraction of sp³-hybridized carbons (Fsp3) is 0.231. The van der Waals surface area contributed by atoms with Crippen molar-refractivity contribution in [2.75, 3.05) is 49.6 Å². The lowest BCUT2D eigenvalue weighted by molar-refractivity contribution is -0.131. The number of thioether (sulfide) groups is 1. The van der Waals surface area contributed by atoms with Gasteiger partial charge in [0.15, 0.2) is 0 Å². The van der Waals surface area contributed by atoms with Gasteiger partial charge in [-0.2, -0.15) is 0 Å². The van der Waals surface area contributed by atoms with Crippen molar-refractivity contribution in [3.8, 4) is 5.75 Å². The molecule has 8 nitrogen and oxygen atoms in total. The third-order valence-electron chi connectivity index (χ3n) is 6.07. The van der Waals surface area contributed by atoms with Crippen molar-refractivity contribution < 1.29 is 14.3 Å². The molecule has 36 heavy (non-hydrogen) atoms. The van der Waals surface area contributed by atoms with Crippen LogP contribution < -0.4 is 14.5 Å². The molecule has 0 saturated carbocycles. The molecule has 5 rings (SSSR count). The maximum Gasteiger partial charge on any atom is 0.265 e. The van der Waals surface area contributed by atoms with Gasteiger partial charge in [0.25, 0.3) is 5.91 Å². The number of rotatable bonds is 5. The Morgan fingerprint density at radius 3 is 2.56 bits per heavy atom. The zero-order chi connectivity index (χ0) is 25.1. The topological polar surface area (TPSA) is 78.9 Å². The van der Waals surface area contributed by atoms with Crippen LogP contribution in [0.2, 0.25) is 0 Å². The zero-order valence-corrected chi connectivity index (χ0v) is 22.0. The first-order valence-electron chi connectivity index (χ1n) is 11.5. The van der Waals surface area contributed by atoms with Gasteiger partial charge in [-0.05, 0) is 57.9 Å². The maximum absolute atomic E-state index is 13.6. The molecule has 0 spiro atoms. The quantitative estimate of drug-likeness (QED) is 0.431. The summed E-state index contributed by atoms with van der Waals surface area (Å²) in [6.45, 7) is 2.39. The first-order valence-corrected chi connectivity index (χ1v) is 13.1. The van der Waals surface area contributed by atoms with Gasteiger partial charge in [0.05, 0.1) is 22.2 Å². The van der Waals surface area contributed by atoms with E-state index in [2.05, 4.69) is 30.8 Å². The van der Waals surface area contributed by atoms with Crippen LogP contribution in [0, 0.1) is 0 Å². The summed E-state index contributed by atoms with van der Waals surface area (Å²) in [7, 11) is 1.61. The third kappa shape index (κ3) is 5.10. The van der Waals surface area contributed by atoms with Crippen LogP contribution in [0.15, 0.2) is 75.2 Å². The molecule has 1 fully saturated rings. The van der Waals surface area contributed by atoms with Crippen molar-refractivity contribution >= 4 is 57.2 Å². The summed E-state index contributed by atoms with van der Waals surface area (Å²) in [5, 5.41) is 0. The smallest absolute Gasteiger partial charge is 0.265 e. The molecule has 3 heterocycles. The molecular formula is C26H24BrN5O3S. The number of hydrogen-bond donors (Lipinski definition) is 0. The van der Waals surface area contributed by atoms with Gasteiger partial charge in [-0.1, -0.05) is 30.0 Å². The number of hydrogen-bond acceptors (Lipinski definition) is 7. The van der Waals surface area contributed by atoms with Crippen LogP contribution in [0.1, 0.15) is 5.56 Å². The van der Waals surface area contributed by atoms with Gasteiger partial charge in [0, 0.05) is 43.5 Å². The molecule has 0 bridgehead atoms. The summed E-state index contributed by atoms with van der Waals surface area (Å²) in [6.07, 6.45) is 5.28. The summed E-state index contributed by atoms with van der Waals surface area (Å²) in [5.41, 5.74) is 1.62. The Kier molecular flexibility index (Phi) is 7.24. The molecule has 0 atom stereocenters. The Morgan fingerprint density at radius 2 is 1.83 bits per heavy atom. The van der Waals surface area contributed by atoms with E-state index in [1.807, 2.05) is 48.5 Å². The standard InChI is InChI=1S/C26H24BrN5O3S/c1-35-21-8-7-18(15-19(21)27)16-23-25(34)32(20-5-2-3-6-22(20)36-23)17-24(33)30-11-13-31(14-12-30)26-28-9-4-10-29-26/h2-10,15-16H,11-14,17H2,1H3. The highest BCUT2D eigenvalue weighted by molar-refractivity contribution is 9.10. The van der Waals surface area contributed by atoms with Gasteiger partial charge in [-0.15, -0.1) is 0 Å². The molecule has 3 aromatic rings. The molecule has 10 heteroatoms. The van der Waals surface area contributed by atoms with Crippen LogP contribution in [-0.2, 0) is 9.59 Å². The predicted molar refractivity (Wildman–Crippen MR) is 144 cm³/mol. The van der Waals surface area contributed by atoms with E-state index in [1.165, 1.54) is 11.8 Å². The Bertz CT molecular complexity index is 1310. The van der Waals surface area contributed by atoms with Crippen LogP contribution in [0.4, 0.5) is 11.6 Å². The van der Waals surface area contributed by atoms with E-state index in [-0.39, 0.29) is 18.4 Å². The van der Waals surface area contributed by atoms with Crippen LogP contribution in [0.25, 0.3) is 6.08 Å². The third-order valence-corrected chi connectivity index (χ3v) is 7.76. The minimum Gasteiger partial charge on any atom is -0.496 e. The van der Waals surface area contributed by atoms with Crippen LogP contribution in [0.5, 0.6) is 5.75 Å². The van der Waals surface area contributed by atoms with Crippen molar-refractivity contribution in [1.29, 1.82) is 0 Å². The summed E-state index contributed by atoms with van der Waals surface area (Å²) >= 11 is 4.92. The predicted octanol–water partition coefficient (Wildman–Crippen LogP) is 4.08. The second kappa shape index (κ2) is 10.7. The van der Waals surface area contributed by atoms with E-state index in [9.17, 15) is 9.59 Å². The van der Waals surface area contributed by atoms with E-state index in [0.29, 0.717) is 37.0 Å². The summed E-state index contributed by atoms with van der Waals surface area (Å²) < 4.78 is 6.11. The summed E-state index contributed by atoms with van der Waals surface area (Å²) in [6, 6.07) is 15.1.